The molecule has 12 aliphatic heterocycles. The Balaban J connectivity index is 0.0000000834. The number of hydrogen-bond donors (Lipinski definition) is 1. The second kappa shape index (κ2) is 23.9. The van der Waals surface area contributed by atoms with Gasteiger partial charge in [-0.2, -0.15) is 0 Å². The quantitative estimate of drug-likeness (QED) is 0.141. The molecule has 18 heteroatoms. The zero-order chi connectivity index (χ0) is 80.3. The van der Waals surface area contributed by atoms with E-state index in [1.165, 1.54) is 203 Å². The normalized spacial score (nSPS) is 15.4. The minimum atomic E-state index is -2.14. The van der Waals surface area contributed by atoms with E-state index in [0.717, 1.165) is 64.6 Å². The Morgan fingerprint density at radius 2 is 0.634 bits per heavy atom. The number of nitrogens with zero attached hydrogens (tertiary/aromatic N) is 4. The van der Waals surface area contributed by atoms with Crippen molar-refractivity contribution in [3.8, 4) is 68.7 Å². The summed E-state index contributed by atoms with van der Waals surface area (Å²) in [5.74, 6) is 8.08. The summed E-state index contributed by atoms with van der Waals surface area (Å²) < 4.78 is 36.1. The van der Waals surface area contributed by atoms with Crippen molar-refractivity contribution in [1.82, 2.24) is 18.3 Å². The minimum absolute atomic E-state index is 0.179. The topological polar surface area (TPSA) is 68.7 Å². The van der Waals surface area contributed by atoms with Crippen LogP contribution in [0.3, 0.4) is 0 Å². The van der Waals surface area contributed by atoms with Crippen LogP contribution in [0, 0.1) is 20.8 Å². The first-order valence-corrected chi connectivity index (χ1v) is 46.2. The average Bonchev–Trinajstić information content (AvgIpc) is 1.35. The van der Waals surface area contributed by atoms with Gasteiger partial charge in [0, 0.05) is 49.4 Å². The van der Waals surface area contributed by atoms with Gasteiger partial charge in [-0.15, -0.1) is 0 Å². The number of ether oxygens (including phenoxy) is 4. The Hall–Kier alpha value is -14.1. The van der Waals surface area contributed by atoms with Gasteiger partial charge in [0.1, 0.15) is 34.5 Å². The SMILES string of the molecule is Cc1ccc2c(c1)B1c3ccccc3-n3c4ccccc4c4ccc(c1c43)O2.Cc1ccc2c(c1)Oc1ccc3c4ccccc4n4c3c1B2c1ccccc1-4.Cc1cccc2c1B1c3ccccc3-n3c4ccccc4c4ccc(c1c43)O2.[BH2-]1B2B3B1P23(Nc1ccccc1)c1cccc2c1Oc1ccc3c4ccccc4n4c3c1B2c1ccccc1-4. The Morgan fingerprint density at radius 3 is 1.12 bits per heavy atom. The number of fused-ring (bicyclic) bond motifs is 32. The molecule has 17 aromatic carbocycles. The van der Waals surface area contributed by atoms with Crippen LogP contribution in [0.4, 0.5) is 5.69 Å². The van der Waals surface area contributed by atoms with E-state index in [-0.39, 0.29) is 33.9 Å². The Morgan fingerprint density at radius 1 is 0.268 bits per heavy atom. The molecule has 0 saturated carbocycles. The van der Waals surface area contributed by atoms with Crippen molar-refractivity contribution in [2.75, 3.05) is 5.09 Å². The van der Waals surface area contributed by atoms with E-state index in [9.17, 15) is 0 Å². The molecule has 0 aliphatic carbocycles. The first-order valence-electron chi connectivity index (χ1n) is 43.7. The van der Waals surface area contributed by atoms with Crippen molar-refractivity contribution in [2.24, 2.45) is 0 Å². The molecule has 0 atom stereocenters. The summed E-state index contributed by atoms with van der Waals surface area (Å²) in [6, 6.07) is 126. The van der Waals surface area contributed by atoms with E-state index in [1.54, 1.807) is 0 Å². The van der Waals surface area contributed by atoms with Gasteiger partial charge in [-0.05, 0) is 166 Å². The molecule has 123 heavy (non-hydrogen) atoms. The number of benzene rings is 17. The third-order valence-corrected chi connectivity index (χ3v) is 39.2. The third kappa shape index (κ3) is 8.47. The number of aryl methyl sites for hydroxylation is 3. The summed E-state index contributed by atoms with van der Waals surface area (Å²) in [4.78, 5) is 0. The fourth-order valence-corrected chi connectivity index (χ4v) is 36.1. The maximum absolute atomic E-state index is 7.11. The first kappa shape index (κ1) is 67.6. The Labute approximate surface area is 712 Å². The molecular formula is C105H69B8N5O4P-. The number of aromatic nitrogens is 4. The molecule has 0 spiro atoms. The molecule has 4 saturated heterocycles. The van der Waals surface area contributed by atoms with Crippen LogP contribution >= 0.6 is 6.39 Å². The molecule has 16 heterocycles. The maximum atomic E-state index is 7.11. The van der Waals surface area contributed by atoms with Crippen LogP contribution in [0.25, 0.3) is 110 Å². The van der Waals surface area contributed by atoms with E-state index in [4.69, 9.17) is 18.9 Å². The van der Waals surface area contributed by atoms with Crippen molar-refractivity contribution < 1.29 is 18.9 Å². The molecule has 33 rings (SSSR count). The van der Waals surface area contributed by atoms with Crippen LogP contribution in [-0.4, -0.2) is 70.8 Å². The van der Waals surface area contributed by atoms with E-state index in [1.807, 2.05) is 0 Å². The third-order valence-electron chi connectivity index (χ3n) is 30.8. The van der Waals surface area contributed by atoms with E-state index >= 15 is 0 Å². The van der Waals surface area contributed by atoms with Gasteiger partial charge < -0.3 is 27.9 Å². The van der Waals surface area contributed by atoms with Crippen molar-refractivity contribution in [1.29, 1.82) is 0 Å². The van der Waals surface area contributed by atoms with Gasteiger partial charge in [0.05, 0.1) is 33.1 Å². The van der Waals surface area contributed by atoms with E-state index in [0.29, 0.717) is 0 Å². The molecule has 2 bridgehead atoms. The predicted octanol–water partition coefficient (Wildman–Crippen LogP) is 15.3. The molecule has 0 amide bonds. The molecule has 4 aromatic heterocycles. The molecule has 0 unspecified atom stereocenters. The zero-order valence-corrected chi connectivity index (χ0v) is 68.7. The second-order valence-corrected chi connectivity index (χ2v) is 41.8. The molecule has 21 aromatic rings. The fraction of sp³-hybridized carbons (Fsp3) is 0.0286. The van der Waals surface area contributed by atoms with Crippen LogP contribution in [-0.2, 0) is 0 Å². The summed E-state index contributed by atoms with van der Waals surface area (Å²) >= 11 is 0. The standard InChI is InChI=1S/C30H21B5N2OP.3C25H16BNO/c1-2-9-19(10-3-1)36-39(33-31-34(39)35(33)39)27-16-8-13-23-30(27)38-26-18-17-21-20-11-4-6-14-24(20)37-25-15-7-5-12-22(25)32(23)28(26)29(21)37;1-15-7-6-12-21-23(15)26-18-9-3-5-11-20(18)27-19-10-4-2-8-16(19)17-13-14-22(28-21)24(26)25(17)27;1-15-10-12-22-19(14-15)26-18-7-3-5-9-21(18)27-20-8-4-2-6-16(20)17-11-13-23(28-22)24(26)25(17)27;1-15-10-12-19-23(14-15)28-22-13-11-17-16-6-2-4-8-20(16)27-21-9-5-3-7-18(21)26(19)24(22)25(17)27/h1-18,36H,31H2;3*2-14H,1H3/q-1;;;. The number of para-hydroxylation sites is 10. The van der Waals surface area contributed by atoms with Gasteiger partial charge in [-0.3, -0.25) is 0 Å². The Kier molecular flexibility index (Phi) is 13.2. The van der Waals surface area contributed by atoms with Gasteiger partial charge in [-0.1, -0.05) is 157 Å². The molecule has 9 nitrogen and oxygen atoms in total. The first-order chi connectivity index (χ1) is 60.8. The summed E-state index contributed by atoms with van der Waals surface area (Å²) in [5, 5.41) is 16.2. The van der Waals surface area contributed by atoms with Crippen molar-refractivity contribution in [2.45, 2.75) is 20.8 Å². The number of rotatable bonds is 3. The van der Waals surface area contributed by atoms with E-state index in [2.05, 4.69) is 390 Å². The van der Waals surface area contributed by atoms with Crippen molar-refractivity contribution in [3.05, 3.63) is 362 Å². The summed E-state index contributed by atoms with van der Waals surface area (Å²) in [6.45, 7) is 7.27. The van der Waals surface area contributed by atoms with Gasteiger partial charge in [-0.25, -0.2) is 0 Å². The average molecular weight is 1580 g/mol. The number of anilines is 1. The molecule has 0 radical (unpaired) electrons. The molecule has 1 N–H and O–H groups in total. The van der Waals surface area contributed by atoms with Crippen LogP contribution in [0.1, 0.15) is 16.7 Å². The van der Waals surface area contributed by atoms with Gasteiger partial charge >= 0.3 is 229 Å². The predicted molar refractivity (Wildman–Crippen MR) is 524 cm³/mol. The van der Waals surface area contributed by atoms with E-state index < -0.39 is 6.39 Å². The molecule has 4 fully saturated rings. The summed E-state index contributed by atoms with van der Waals surface area (Å²) in [6.07, 6.45) is 0.696. The fourth-order valence-electron chi connectivity index (χ4n) is 25.8. The molecule has 12 aliphatic rings. The zero-order valence-electron chi connectivity index (χ0n) is 67.8. The number of nitrogens with one attached hydrogen (secondary N) is 1. The monoisotopic (exact) mass is 1580 g/mol. The summed E-state index contributed by atoms with van der Waals surface area (Å²) in [5.41, 5.74) is 36.2. The van der Waals surface area contributed by atoms with Gasteiger partial charge in [0.2, 0.25) is 0 Å². The van der Waals surface area contributed by atoms with Crippen molar-refractivity contribution >= 4 is 223 Å². The van der Waals surface area contributed by atoms with Gasteiger partial charge in [0.15, 0.2) is 0 Å². The molecule has 568 valence electrons. The van der Waals surface area contributed by atoms with Crippen LogP contribution < -0.4 is 94.9 Å². The van der Waals surface area contributed by atoms with Crippen LogP contribution in [0.2, 0.25) is 0 Å². The van der Waals surface area contributed by atoms with Crippen LogP contribution in [0.15, 0.2) is 346 Å². The number of hydrogen-bond acceptors (Lipinski definition) is 5. The Bertz CT molecular complexity index is 8440. The van der Waals surface area contributed by atoms with Gasteiger partial charge in [0.25, 0.3) is 20.1 Å². The summed E-state index contributed by atoms with van der Waals surface area (Å²) in [7, 11) is 0.179. The second-order valence-electron chi connectivity index (χ2n) is 36.2. The van der Waals surface area contributed by atoms with Crippen molar-refractivity contribution in [3.63, 3.8) is 0 Å². The van der Waals surface area contributed by atoms with Crippen LogP contribution in [0.5, 0.6) is 46.0 Å². The molecular weight excluding hydrogens is 1510 g/mol.